The number of methoxy groups -OCH3 is 1. The number of anilines is 1. The topological polar surface area (TPSA) is 89.0 Å². The van der Waals surface area contributed by atoms with Crippen molar-refractivity contribution in [3.8, 4) is 11.5 Å². The van der Waals surface area contributed by atoms with Crippen LogP contribution in [0.3, 0.4) is 0 Å². The predicted octanol–water partition coefficient (Wildman–Crippen LogP) is 4.13. The molecule has 0 aliphatic heterocycles. The highest BCUT2D eigenvalue weighted by atomic mass is 79.9. The minimum Gasteiger partial charge on any atom is -0.497 e. The molecule has 0 bridgehead atoms. The van der Waals surface area contributed by atoms with Crippen LogP contribution in [0.2, 0.25) is 0 Å². The Kier molecular flexibility index (Phi) is 7.78. The van der Waals surface area contributed by atoms with Gasteiger partial charge in [0.25, 0.3) is 0 Å². The summed E-state index contributed by atoms with van der Waals surface area (Å²) < 4.78 is 11.9. The molecule has 158 valence electrons. The number of hydrogen-bond donors (Lipinski definition) is 2. The number of hydrazone groups is 1. The van der Waals surface area contributed by atoms with Crippen LogP contribution in [0.4, 0.5) is 5.69 Å². The molecule has 0 unspecified atom stereocenters. The van der Waals surface area contributed by atoms with Gasteiger partial charge in [0.05, 0.1) is 13.3 Å². The number of nitrogens with zero attached hydrogens (tertiary/aromatic N) is 1. The molecule has 0 aromatic heterocycles. The second kappa shape index (κ2) is 10.9. The maximum atomic E-state index is 12.0. The van der Waals surface area contributed by atoms with Gasteiger partial charge in [-0.05, 0) is 42.0 Å². The van der Waals surface area contributed by atoms with Gasteiger partial charge in [0.2, 0.25) is 0 Å². The zero-order valence-corrected chi connectivity index (χ0v) is 18.3. The Bertz CT molecular complexity index is 1080. The van der Waals surface area contributed by atoms with Crippen LogP contribution in [-0.2, 0) is 16.2 Å². The summed E-state index contributed by atoms with van der Waals surface area (Å²) in [6, 6.07) is 21.8. The van der Waals surface area contributed by atoms with Gasteiger partial charge in [-0.15, -0.1) is 0 Å². The Labute approximate surface area is 188 Å². The molecule has 31 heavy (non-hydrogen) atoms. The van der Waals surface area contributed by atoms with E-state index >= 15 is 0 Å². The molecule has 3 rings (SSSR count). The third-order valence-electron chi connectivity index (χ3n) is 4.13. The third-order valence-corrected chi connectivity index (χ3v) is 4.66. The van der Waals surface area contributed by atoms with Gasteiger partial charge >= 0.3 is 11.8 Å². The monoisotopic (exact) mass is 481 g/mol. The fourth-order valence-electron chi connectivity index (χ4n) is 2.56. The van der Waals surface area contributed by atoms with Crippen LogP contribution in [0, 0.1) is 0 Å². The molecule has 0 spiro atoms. The maximum absolute atomic E-state index is 12.0. The van der Waals surface area contributed by atoms with Crippen molar-refractivity contribution in [2.24, 2.45) is 5.10 Å². The summed E-state index contributed by atoms with van der Waals surface area (Å²) in [6.45, 7) is 0.382. The number of rotatable bonds is 7. The molecular weight excluding hydrogens is 462 g/mol. The molecule has 0 aliphatic carbocycles. The molecule has 3 aromatic carbocycles. The lowest BCUT2D eigenvalue weighted by molar-refractivity contribution is -0.136. The van der Waals surface area contributed by atoms with Crippen molar-refractivity contribution in [3.05, 3.63) is 88.4 Å². The molecule has 3 aromatic rings. The molecule has 0 saturated carbocycles. The smallest absolute Gasteiger partial charge is 0.329 e. The van der Waals surface area contributed by atoms with Gasteiger partial charge < -0.3 is 14.8 Å². The van der Waals surface area contributed by atoms with Crippen molar-refractivity contribution in [2.45, 2.75) is 6.61 Å². The second-order valence-electron chi connectivity index (χ2n) is 6.34. The molecule has 0 radical (unpaired) electrons. The van der Waals surface area contributed by atoms with Crippen LogP contribution in [0.1, 0.15) is 11.1 Å². The molecule has 0 aliphatic rings. The van der Waals surface area contributed by atoms with E-state index in [9.17, 15) is 9.59 Å². The lowest BCUT2D eigenvalue weighted by Gasteiger charge is -2.09. The van der Waals surface area contributed by atoms with E-state index in [0.717, 1.165) is 10.0 Å². The van der Waals surface area contributed by atoms with Crippen molar-refractivity contribution in [3.63, 3.8) is 0 Å². The minimum absolute atomic E-state index is 0.382. The Morgan fingerprint density at radius 3 is 2.55 bits per heavy atom. The van der Waals surface area contributed by atoms with Crippen molar-refractivity contribution < 1.29 is 19.1 Å². The van der Waals surface area contributed by atoms with Crippen LogP contribution in [0.5, 0.6) is 11.5 Å². The Morgan fingerprint density at radius 1 is 1.00 bits per heavy atom. The third kappa shape index (κ3) is 6.68. The lowest BCUT2D eigenvalue weighted by Crippen LogP contribution is -2.32. The molecule has 2 amide bonds. The number of ether oxygens (including phenoxy) is 2. The largest absolute Gasteiger partial charge is 0.497 e. The van der Waals surface area contributed by atoms with Gasteiger partial charge in [0, 0.05) is 21.8 Å². The lowest BCUT2D eigenvalue weighted by atomic mass is 10.2. The van der Waals surface area contributed by atoms with E-state index in [-0.39, 0.29) is 0 Å². The Hall–Kier alpha value is -3.65. The molecule has 0 saturated heterocycles. The predicted molar refractivity (Wildman–Crippen MR) is 122 cm³/mol. The van der Waals surface area contributed by atoms with E-state index in [1.165, 1.54) is 13.3 Å². The SMILES string of the molecule is COc1cccc(NC(=O)C(=O)N/N=C/c2ccccc2OCc2ccc(Br)cc2)c1. The first-order valence-corrected chi connectivity index (χ1v) is 10.1. The number of hydrogen-bond acceptors (Lipinski definition) is 5. The summed E-state index contributed by atoms with van der Waals surface area (Å²) in [5.41, 5.74) is 4.33. The van der Waals surface area contributed by atoms with Gasteiger partial charge in [-0.2, -0.15) is 5.10 Å². The first-order chi connectivity index (χ1) is 15.0. The summed E-state index contributed by atoms with van der Waals surface area (Å²) in [4.78, 5) is 24.1. The second-order valence-corrected chi connectivity index (χ2v) is 7.25. The molecule has 0 heterocycles. The van der Waals surface area contributed by atoms with Crippen LogP contribution >= 0.6 is 15.9 Å². The van der Waals surface area contributed by atoms with Crippen molar-refractivity contribution in [2.75, 3.05) is 12.4 Å². The van der Waals surface area contributed by atoms with Crippen molar-refractivity contribution in [1.29, 1.82) is 0 Å². The van der Waals surface area contributed by atoms with E-state index in [4.69, 9.17) is 9.47 Å². The molecular formula is C23H20BrN3O4. The highest BCUT2D eigenvalue weighted by Crippen LogP contribution is 2.19. The average Bonchev–Trinajstić information content (AvgIpc) is 2.79. The van der Waals surface area contributed by atoms with Crippen LogP contribution in [0.15, 0.2) is 82.4 Å². The molecule has 7 nitrogen and oxygen atoms in total. The highest BCUT2D eigenvalue weighted by Gasteiger charge is 2.13. The minimum atomic E-state index is -0.896. The number of para-hydroxylation sites is 1. The van der Waals surface area contributed by atoms with E-state index in [2.05, 4.69) is 31.8 Å². The highest BCUT2D eigenvalue weighted by molar-refractivity contribution is 9.10. The number of amides is 2. The zero-order valence-electron chi connectivity index (χ0n) is 16.7. The number of benzene rings is 3. The molecule has 2 N–H and O–H groups in total. The van der Waals surface area contributed by atoms with Crippen molar-refractivity contribution >= 4 is 39.6 Å². The molecule has 0 fully saturated rings. The number of carbonyl (C=O) groups excluding carboxylic acids is 2. The average molecular weight is 482 g/mol. The van der Waals surface area contributed by atoms with Gasteiger partial charge in [0.1, 0.15) is 18.1 Å². The molecule has 0 atom stereocenters. The zero-order chi connectivity index (χ0) is 22.1. The summed E-state index contributed by atoms with van der Waals surface area (Å²) >= 11 is 3.40. The van der Waals surface area contributed by atoms with E-state index in [1.54, 1.807) is 36.4 Å². The van der Waals surface area contributed by atoms with E-state index < -0.39 is 11.8 Å². The summed E-state index contributed by atoms with van der Waals surface area (Å²) in [5.74, 6) is -0.572. The first-order valence-electron chi connectivity index (χ1n) is 9.30. The fraction of sp³-hybridized carbons (Fsp3) is 0.0870. The Morgan fingerprint density at radius 2 is 1.77 bits per heavy atom. The van der Waals surface area contributed by atoms with Crippen LogP contribution in [-0.4, -0.2) is 25.1 Å². The molecule has 8 heteroatoms. The number of halogens is 1. The Balaban J connectivity index is 1.56. The van der Waals surface area contributed by atoms with Gasteiger partial charge in [0.15, 0.2) is 0 Å². The summed E-state index contributed by atoms with van der Waals surface area (Å²) in [6.07, 6.45) is 1.42. The first kappa shape index (κ1) is 22.0. The van der Waals surface area contributed by atoms with Gasteiger partial charge in [-0.1, -0.05) is 46.3 Å². The standard InChI is InChI=1S/C23H20BrN3O4/c1-30-20-7-4-6-19(13-20)26-22(28)23(29)27-25-14-17-5-2-3-8-21(17)31-15-16-9-11-18(24)12-10-16/h2-14H,15H2,1H3,(H,26,28)(H,27,29)/b25-14+. The fourth-order valence-corrected chi connectivity index (χ4v) is 2.82. The van der Waals surface area contributed by atoms with E-state index in [1.807, 2.05) is 36.4 Å². The van der Waals surface area contributed by atoms with Gasteiger partial charge in [-0.25, -0.2) is 5.43 Å². The number of carbonyl (C=O) groups is 2. The van der Waals surface area contributed by atoms with Gasteiger partial charge in [-0.3, -0.25) is 9.59 Å². The quantitative estimate of drug-likeness (QED) is 0.301. The van der Waals surface area contributed by atoms with Crippen LogP contribution in [0.25, 0.3) is 0 Å². The van der Waals surface area contributed by atoms with E-state index in [0.29, 0.717) is 29.4 Å². The van der Waals surface area contributed by atoms with Crippen molar-refractivity contribution in [1.82, 2.24) is 5.43 Å². The normalized spacial score (nSPS) is 10.5. The maximum Gasteiger partial charge on any atom is 0.329 e. The summed E-state index contributed by atoms with van der Waals surface area (Å²) in [7, 11) is 1.52. The van der Waals surface area contributed by atoms with Crippen LogP contribution < -0.4 is 20.2 Å². The summed E-state index contributed by atoms with van der Waals surface area (Å²) in [5, 5.41) is 6.35. The number of nitrogens with one attached hydrogen (secondary N) is 2.